The Morgan fingerprint density at radius 2 is 1.73 bits per heavy atom. The molecule has 1 amide bonds. The molecule has 15 heteroatoms. The van der Waals surface area contributed by atoms with E-state index in [-0.39, 0.29) is 34.8 Å². The van der Waals surface area contributed by atoms with Crippen LogP contribution >= 0.6 is 11.6 Å². The summed E-state index contributed by atoms with van der Waals surface area (Å²) in [5, 5.41) is 33.7. The topological polar surface area (TPSA) is 215 Å². The third-order valence-corrected chi connectivity index (χ3v) is 2.05. The van der Waals surface area contributed by atoms with Crippen LogP contribution in [0.5, 0.6) is 5.75 Å². The maximum Gasteiger partial charge on any atom is 2.00 e. The second kappa shape index (κ2) is 18.7. The standard InChI is InChI=1S/C11H13ClN2O2.Co.2NO3.H2O/c1-3-13-14-11(15)7-16-10-5-4-9(12)6-8(10)2;;2*2-1(3)4;/h3-6H,7H2,1-2H3,(H,14,15);;;;1H2/q;+2;2*-1;/b13-3+;;;;. The molecule has 0 atom stereocenters. The van der Waals surface area contributed by atoms with Crippen LogP contribution in [-0.2, 0) is 21.6 Å². The van der Waals surface area contributed by atoms with Crippen molar-refractivity contribution in [1.29, 1.82) is 0 Å². The molecule has 26 heavy (non-hydrogen) atoms. The molecule has 0 aliphatic carbocycles. The van der Waals surface area contributed by atoms with Gasteiger partial charge in [0.05, 0.1) is 10.2 Å². The summed E-state index contributed by atoms with van der Waals surface area (Å²) in [7, 11) is 0. The minimum absolute atomic E-state index is 0. The first-order valence-electron chi connectivity index (χ1n) is 5.88. The van der Waals surface area contributed by atoms with Crippen LogP contribution in [0.2, 0.25) is 5.02 Å². The molecular weight excluding hydrogens is 427 g/mol. The van der Waals surface area contributed by atoms with E-state index in [0.717, 1.165) is 5.56 Å². The van der Waals surface area contributed by atoms with Gasteiger partial charge in [0.2, 0.25) is 0 Å². The van der Waals surface area contributed by atoms with Crippen LogP contribution < -0.4 is 10.2 Å². The minimum Gasteiger partial charge on any atom is -0.483 e. The van der Waals surface area contributed by atoms with Gasteiger partial charge < -0.3 is 40.9 Å². The van der Waals surface area contributed by atoms with Crippen molar-refractivity contribution in [2.45, 2.75) is 13.8 Å². The number of nitrogens with zero attached hydrogens (tertiary/aromatic N) is 3. The Bertz CT molecular complexity index is 569. The van der Waals surface area contributed by atoms with Crippen LogP contribution in [0.15, 0.2) is 23.3 Å². The van der Waals surface area contributed by atoms with Crippen LogP contribution in [-0.4, -0.2) is 34.4 Å². The molecule has 0 aliphatic heterocycles. The molecular formula is C11H15ClCoN4O9. The van der Waals surface area contributed by atoms with E-state index in [1.807, 2.05) is 6.92 Å². The zero-order valence-electron chi connectivity index (χ0n) is 13.3. The molecule has 1 radical (unpaired) electrons. The first-order chi connectivity index (χ1) is 11.1. The summed E-state index contributed by atoms with van der Waals surface area (Å²) in [5.41, 5.74) is 3.20. The van der Waals surface area contributed by atoms with Crippen molar-refractivity contribution in [1.82, 2.24) is 5.43 Å². The number of ether oxygens (including phenoxy) is 1. The molecule has 0 saturated carbocycles. The van der Waals surface area contributed by atoms with E-state index in [0.29, 0.717) is 10.8 Å². The van der Waals surface area contributed by atoms with Crippen molar-refractivity contribution < 1.29 is 42.0 Å². The van der Waals surface area contributed by atoms with Gasteiger partial charge in [-0.3, -0.25) is 4.79 Å². The van der Waals surface area contributed by atoms with E-state index in [4.69, 9.17) is 47.0 Å². The van der Waals surface area contributed by atoms with Crippen LogP contribution in [0.3, 0.4) is 0 Å². The predicted molar refractivity (Wildman–Crippen MR) is 88.3 cm³/mol. The molecule has 1 rings (SSSR count). The van der Waals surface area contributed by atoms with Crippen molar-refractivity contribution in [3.63, 3.8) is 0 Å². The number of halogens is 1. The molecule has 0 unspecified atom stereocenters. The predicted octanol–water partition coefficient (Wildman–Crippen LogP) is 0.844. The van der Waals surface area contributed by atoms with Crippen molar-refractivity contribution >= 4 is 23.7 Å². The second-order valence-electron chi connectivity index (χ2n) is 3.57. The smallest absolute Gasteiger partial charge is 0.483 e. The van der Waals surface area contributed by atoms with Gasteiger partial charge in [-0.2, -0.15) is 5.10 Å². The first-order valence-corrected chi connectivity index (χ1v) is 6.26. The van der Waals surface area contributed by atoms with Gasteiger partial charge in [0.25, 0.3) is 5.91 Å². The number of hydrazone groups is 1. The Labute approximate surface area is 162 Å². The molecule has 0 saturated heterocycles. The average Bonchev–Trinajstić information content (AvgIpc) is 2.43. The molecule has 0 aliphatic rings. The molecule has 0 spiro atoms. The molecule has 1 aromatic carbocycles. The van der Waals surface area contributed by atoms with Gasteiger partial charge in [-0.05, 0) is 37.6 Å². The van der Waals surface area contributed by atoms with Crippen LogP contribution in [0.4, 0.5) is 0 Å². The number of aryl methyl sites for hydroxylation is 1. The number of carbonyl (C=O) groups excluding carboxylic acids is 1. The van der Waals surface area contributed by atoms with Crippen LogP contribution in [0, 0.1) is 37.6 Å². The Hall–Kier alpha value is -2.68. The first kappa shape index (κ1) is 31.1. The Morgan fingerprint density at radius 3 is 2.12 bits per heavy atom. The van der Waals surface area contributed by atoms with Crippen molar-refractivity contribution in [3.8, 4) is 5.75 Å². The van der Waals surface area contributed by atoms with Gasteiger partial charge >= 0.3 is 16.8 Å². The number of nitrogens with one attached hydrogen (secondary N) is 1. The van der Waals surface area contributed by atoms with E-state index < -0.39 is 10.2 Å². The van der Waals surface area contributed by atoms with Crippen LogP contribution in [0.25, 0.3) is 0 Å². The van der Waals surface area contributed by atoms with E-state index in [1.165, 1.54) is 6.21 Å². The summed E-state index contributed by atoms with van der Waals surface area (Å²) in [4.78, 5) is 27.7. The van der Waals surface area contributed by atoms with E-state index in [9.17, 15) is 4.79 Å². The largest absolute Gasteiger partial charge is 2.00 e. The molecule has 0 heterocycles. The van der Waals surface area contributed by atoms with Gasteiger partial charge in [-0.1, -0.05) is 11.6 Å². The second-order valence-corrected chi connectivity index (χ2v) is 4.00. The molecule has 149 valence electrons. The molecule has 0 bridgehead atoms. The summed E-state index contributed by atoms with van der Waals surface area (Å²) in [6.07, 6.45) is 1.49. The van der Waals surface area contributed by atoms with Gasteiger partial charge in [0.1, 0.15) is 5.75 Å². The Morgan fingerprint density at radius 1 is 1.27 bits per heavy atom. The number of hydrogen-bond acceptors (Lipinski definition) is 9. The summed E-state index contributed by atoms with van der Waals surface area (Å²) in [6, 6.07) is 5.22. The Kier molecular flexibility index (Phi) is 22.3. The third kappa shape index (κ3) is 23.6. The van der Waals surface area contributed by atoms with Gasteiger partial charge in [0.15, 0.2) is 6.61 Å². The molecule has 0 aromatic heterocycles. The fourth-order valence-corrected chi connectivity index (χ4v) is 1.31. The zero-order valence-corrected chi connectivity index (χ0v) is 15.1. The number of benzene rings is 1. The van der Waals surface area contributed by atoms with E-state index >= 15 is 0 Å². The van der Waals surface area contributed by atoms with E-state index in [1.54, 1.807) is 25.1 Å². The minimum atomic E-state index is -1.75. The van der Waals surface area contributed by atoms with Crippen molar-refractivity contribution in [2.24, 2.45) is 5.10 Å². The van der Waals surface area contributed by atoms with Gasteiger partial charge in [0, 0.05) is 11.2 Å². The number of rotatable bonds is 4. The van der Waals surface area contributed by atoms with Gasteiger partial charge in [-0.25, -0.2) is 5.43 Å². The SMILES string of the molecule is C/C=N/NC(=O)COc1ccc(Cl)cc1C.O.O=[N+]([O-])[O-].O=[N+]([O-])[O-].[Co+2]. The summed E-state index contributed by atoms with van der Waals surface area (Å²) < 4.78 is 5.31. The van der Waals surface area contributed by atoms with Crippen molar-refractivity contribution in [3.05, 3.63) is 59.4 Å². The molecule has 3 N–H and O–H groups in total. The summed E-state index contributed by atoms with van der Waals surface area (Å²) in [5.74, 6) is 0.340. The van der Waals surface area contributed by atoms with Crippen molar-refractivity contribution in [2.75, 3.05) is 6.61 Å². The summed E-state index contributed by atoms with van der Waals surface area (Å²) >= 11 is 5.79. The van der Waals surface area contributed by atoms with Crippen LogP contribution in [0.1, 0.15) is 12.5 Å². The quantitative estimate of drug-likeness (QED) is 0.400. The Balaban J connectivity index is -0.000000206. The molecule has 13 nitrogen and oxygen atoms in total. The normalized spacial score (nSPS) is 8.27. The molecule has 0 fully saturated rings. The summed E-state index contributed by atoms with van der Waals surface area (Å²) in [6.45, 7) is 3.51. The number of hydrogen-bond donors (Lipinski definition) is 1. The zero-order chi connectivity index (χ0) is 19.1. The van der Waals surface area contributed by atoms with E-state index in [2.05, 4.69) is 10.5 Å². The monoisotopic (exact) mass is 441 g/mol. The number of carbonyl (C=O) groups is 1. The maximum absolute atomic E-state index is 11.2. The number of amides is 1. The average molecular weight is 442 g/mol. The fraction of sp³-hybridized carbons (Fsp3) is 0.273. The maximum atomic E-state index is 11.2. The molecule has 1 aromatic rings. The fourth-order valence-electron chi connectivity index (χ4n) is 1.09. The third-order valence-electron chi connectivity index (χ3n) is 1.81. The van der Waals surface area contributed by atoms with Gasteiger partial charge in [-0.15, -0.1) is 0 Å².